The summed E-state index contributed by atoms with van der Waals surface area (Å²) in [5.41, 5.74) is 1.05. The van der Waals surface area contributed by atoms with E-state index in [2.05, 4.69) is 26.1 Å². The molecule has 0 unspecified atom stereocenters. The third-order valence-corrected chi connectivity index (χ3v) is 5.92. The zero-order valence-electron chi connectivity index (χ0n) is 17.2. The molecule has 1 aliphatic carbocycles. The van der Waals surface area contributed by atoms with Gasteiger partial charge in [-0.05, 0) is 61.3 Å². The summed E-state index contributed by atoms with van der Waals surface area (Å²) in [6, 6.07) is 6.98. The van der Waals surface area contributed by atoms with Crippen molar-refractivity contribution in [3.8, 4) is 5.75 Å². The minimum absolute atomic E-state index is 0.0809. The van der Waals surface area contributed by atoms with Crippen LogP contribution in [-0.4, -0.2) is 43.2 Å². The van der Waals surface area contributed by atoms with Crippen LogP contribution in [0.25, 0.3) is 0 Å². The van der Waals surface area contributed by atoms with Gasteiger partial charge in [-0.2, -0.15) is 0 Å². The Bertz CT molecular complexity index is 667. The minimum atomic E-state index is -0.365. The zero-order chi connectivity index (χ0) is 20.1. The lowest BCUT2D eigenvalue weighted by atomic mass is 9.69. The van der Waals surface area contributed by atoms with Crippen molar-refractivity contribution in [2.75, 3.05) is 31.6 Å². The van der Waals surface area contributed by atoms with Gasteiger partial charge in [-0.1, -0.05) is 20.8 Å². The summed E-state index contributed by atoms with van der Waals surface area (Å²) in [6.45, 7) is 9.02. The normalized spacial score (nSPS) is 23.2. The van der Waals surface area contributed by atoms with Crippen LogP contribution in [-0.2, 0) is 9.53 Å². The first kappa shape index (κ1) is 20.6. The number of carbonyl (C=O) groups excluding carboxylic acids is 2. The standard InChI is InChI=1S/C22H32N2O4/c1-22(2,3)17-6-4-16(5-7-17)20(25)23-18-8-10-19(11-9-18)28-21(26)24-12-14-27-15-13-24/h8-11,16-17H,4-7,12-15H2,1-3H3,(H,23,25)/t16-,17+. The molecule has 154 valence electrons. The molecule has 0 aromatic heterocycles. The molecule has 0 atom stereocenters. The van der Waals surface area contributed by atoms with Gasteiger partial charge in [0.2, 0.25) is 5.91 Å². The molecule has 0 radical (unpaired) electrons. The number of carbonyl (C=O) groups is 2. The second-order valence-electron chi connectivity index (χ2n) is 8.90. The molecule has 1 N–H and O–H groups in total. The Labute approximate surface area is 167 Å². The molecule has 2 fully saturated rings. The average molecular weight is 389 g/mol. The zero-order valence-corrected chi connectivity index (χ0v) is 17.2. The van der Waals surface area contributed by atoms with Crippen LogP contribution in [0.4, 0.5) is 10.5 Å². The monoisotopic (exact) mass is 388 g/mol. The Kier molecular flexibility index (Phi) is 6.60. The molecule has 1 saturated heterocycles. The molecule has 28 heavy (non-hydrogen) atoms. The summed E-state index contributed by atoms with van der Waals surface area (Å²) in [7, 11) is 0. The summed E-state index contributed by atoms with van der Waals surface area (Å²) in [4.78, 5) is 26.3. The quantitative estimate of drug-likeness (QED) is 0.838. The van der Waals surface area contributed by atoms with Crippen LogP contribution in [0.1, 0.15) is 46.5 Å². The van der Waals surface area contributed by atoms with Crippen molar-refractivity contribution in [2.24, 2.45) is 17.3 Å². The van der Waals surface area contributed by atoms with Gasteiger partial charge in [0.15, 0.2) is 0 Å². The van der Waals surface area contributed by atoms with Gasteiger partial charge in [0.25, 0.3) is 0 Å². The minimum Gasteiger partial charge on any atom is -0.410 e. The largest absolute Gasteiger partial charge is 0.415 e. The van der Waals surface area contributed by atoms with Gasteiger partial charge in [0.05, 0.1) is 13.2 Å². The number of benzene rings is 1. The lowest BCUT2D eigenvalue weighted by Crippen LogP contribution is -2.42. The molecule has 2 aliphatic rings. The highest BCUT2D eigenvalue weighted by atomic mass is 16.6. The highest BCUT2D eigenvalue weighted by molar-refractivity contribution is 5.92. The summed E-state index contributed by atoms with van der Waals surface area (Å²) in [6.07, 6.45) is 3.75. The number of hydrogen-bond acceptors (Lipinski definition) is 4. The van der Waals surface area contributed by atoms with E-state index in [0.717, 1.165) is 31.4 Å². The Hall–Kier alpha value is -2.08. The first-order valence-electron chi connectivity index (χ1n) is 10.3. The SMILES string of the molecule is CC(C)(C)[C@H]1CC[C@@H](C(=O)Nc2ccc(OC(=O)N3CCOCC3)cc2)CC1. The predicted molar refractivity (Wildman–Crippen MR) is 108 cm³/mol. The van der Waals surface area contributed by atoms with Crippen molar-refractivity contribution in [3.05, 3.63) is 24.3 Å². The number of nitrogens with zero attached hydrogens (tertiary/aromatic N) is 1. The summed E-state index contributed by atoms with van der Waals surface area (Å²) < 4.78 is 10.6. The van der Waals surface area contributed by atoms with Crippen molar-refractivity contribution in [3.63, 3.8) is 0 Å². The lowest BCUT2D eigenvalue weighted by Gasteiger charge is -2.36. The van der Waals surface area contributed by atoms with Crippen LogP contribution in [0.2, 0.25) is 0 Å². The molecule has 1 aromatic rings. The number of morpholine rings is 1. The third-order valence-electron chi connectivity index (χ3n) is 5.92. The van der Waals surface area contributed by atoms with Crippen molar-refractivity contribution in [2.45, 2.75) is 46.5 Å². The highest BCUT2D eigenvalue weighted by Gasteiger charge is 2.32. The maximum atomic E-state index is 12.6. The summed E-state index contributed by atoms with van der Waals surface area (Å²) >= 11 is 0. The molecular weight excluding hydrogens is 356 g/mol. The number of anilines is 1. The maximum Gasteiger partial charge on any atom is 0.415 e. The van der Waals surface area contributed by atoms with E-state index in [1.165, 1.54) is 0 Å². The van der Waals surface area contributed by atoms with Gasteiger partial charge in [0, 0.05) is 24.7 Å². The number of ether oxygens (including phenoxy) is 2. The van der Waals surface area contributed by atoms with E-state index in [1.807, 2.05) is 0 Å². The van der Waals surface area contributed by atoms with E-state index < -0.39 is 0 Å². The fourth-order valence-corrected chi connectivity index (χ4v) is 3.98. The number of amides is 2. The van der Waals surface area contributed by atoms with E-state index in [1.54, 1.807) is 29.2 Å². The van der Waals surface area contributed by atoms with E-state index in [0.29, 0.717) is 43.4 Å². The average Bonchev–Trinajstić information content (AvgIpc) is 2.69. The van der Waals surface area contributed by atoms with Crippen LogP contribution in [0.3, 0.4) is 0 Å². The number of nitrogens with one attached hydrogen (secondary N) is 1. The van der Waals surface area contributed by atoms with Crippen molar-refractivity contribution in [1.82, 2.24) is 4.90 Å². The van der Waals surface area contributed by atoms with E-state index in [-0.39, 0.29) is 17.9 Å². The van der Waals surface area contributed by atoms with Crippen LogP contribution in [0.5, 0.6) is 5.75 Å². The molecular formula is C22H32N2O4. The lowest BCUT2D eigenvalue weighted by molar-refractivity contribution is -0.121. The highest BCUT2D eigenvalue weighted by Crippen LogP contribution is 2.40. The van der Waals surface area contributed by atoms with E-state index in [4.69, 9.17) is 9.47 Å². The second-order valence-corrected chi connectivity index (χ2v) is 8.90. The number of rotatable bonds is 3. The summed E-state index contributed by atoms with van der Waals surface area (Å²) in [5.74, 6) is 1.33. The molecule has 1 saturated carbocycles. The Morgan fingerprint density at radius 2 is 1.64 bits per heavy atom. The molecule has 2 amide bonds. The molecule has 6 nitrogen and oxygen atoms in total. The van der Waals surface area contributed by atoms with Gasteiger partial charge in [-0.15, -0.1) is 0 Å². The predicted octanol–water partition coefficient (Wildman–Crippen LogP) is 4.31. The summed E-state index contributed by atoms with van der Waals surface area (Å²) in [5, 5.41) is 3.00. The topological polar surface area (TPSA) is 67.9 Å². The first-order valence-corrected chi connectivity index (χ1v) is 10.3. The van der Waals surface area contributed by atoms with Gasteiger partial charge in [-0.25, -0.2) is 4.79 Å². The van der Waals surface area contributed by atoms with Crippen LogP contribution in [0, 0.1) is 17.3 Å². The fraction of sp³-hybridized carbons (Fsp3) is 0.636. The van der Waals surface area contributed by atoms with E-state index >= 15 is 0 Å². The van der Waals surface area contributed by atoms with Crippen molar-refractivity contribution < 1.29 is 19.1 Å². The Morgan fingerprint density at radius 1 is 1.04 bits per heavy atom. The molecule has 6 heteroatoms. The van der Waals surface area contributed by atoms with Crippen LogP contribution in [0.15, 0.2) is 24.3 Å². The molecule has 0 bridgehead atoms. The van der Waals surface area contributed by atoms with Gasteiger partial charge in [-0.3, -0.25) is 4.79 Å². The van der Waals surface area contributed by atoms with Crippen molar-refractivity contribution in [1.29, 1.82) is 0 Å². The number of hydrogen-bond donors (Lipinski definition) is 1. The smallest absolute Gasteiger partial charge is 0.410 e. The van der Waals surface area contributed by atoms with Gasteiger partial charge in [0.1, 0.15) is 5.75 Å². The molecule has 3 rings (SSSR count). The van der Waals surface area contributed by atoms with Crippen LogP contribution >= 0.6 is 0 Å². The molecule has 1 aromatic carbocycles. The van der Waals surface area contributed by atoms with Gasteiger partial charge < -0.3 is 19.7 Å². The fourth-order valence-electron chi connectivity index (χ4n) is 3.98. The van der Waals surface area contributed by atoms with Gasteiger partial charge >= 0.3 is 6.09 Å². The maximum absolute atomic E-state index is 12.6. The van der Waals surface area contributed by atoms with Crippen LogP contribution < -0.4 is 10.1 Å². The first-order chi connectivity index (χ1) is 13.3. The molecule has 1 aliphatic heterocycles. The Morgan fingerprint density at radius 3 is 2.21 bits per heavy atom. The van der Waals surface area contributed by atoms with E-state index in [9.17, 15) is 9.59 Å². The second kappa shape index (κ2) is 8.95. The van der Waals surface area contributed by atoms with Crippen molar-refractivity contribution >= 4 is 17.7 Å². The Balaban J connectivity index is 1.47. The third kappa shape index (κ3) is 5.47. The molecule has 0 spiro atoms. The molecule has 1 heterocycles.